The highest BCUT2D eigenvalue weighted by atomic mass is 19.1. The van der Waals surface area contributed by atoms with Gasteiger partial charge in [0.2, 0.25) is 0 Å². The van der Waals surface area contributed by atoms with Gasteiger partial charge in [-0.2, -0.15) is 0 Å². The van der Waals surface area contributed by atoms with E-state index in [1.165, 1.54) is 5.56 Å². The lowest BCUT2D eigenvalue weighted by Crippen LogP contribution is -2.53. The van der Waals surface area contributed by atoms with Crippen LogP contribution >= 0.6 is 0 Å². The molecule has 1 aliphatic rings. The highest BCUT2D eigenvalue weighted by molar-refractivity contribution is 5.30. The third kappa shape index (κ3) is 1.46. The van der Waals surface area contributed by atoms with E-state index in [2.05, 4.69) is 12.2 Å². The molecule has 0 atom stereocenters. The summed E-state index contributed by atoms with van der Waals surface area (Å²) in [5, 5.41) is 2.96. The Kier molecular flexibility index (Phi) is 2.08. The molecular weight excluding hydrogens is 165 g/mol. The highest BCUT2D eigenvalue weighted by Crippen LogP contribution is 2.30. The Morgan fingerprint density at radius 1 is 1.46 bits per heavy atom. The van der Waals surface area contributed by atoms with Crippen molar-refractivity contribution < 1.29 is 4.39 Å². The SMILES string of the molecule is CCc1cccc(C2(F)CNC2)c1. The van der Waals surface area contributed by atoms with Crippen LogP contribution in [0.2, 0.25) is 0 Å². The quantitative estimate of drug-likeness (QED) is 0.732. The second-order valence-electron chi connectivity index (χ2n) is 3.62. The molecule has 0 saturated carbocycles. The Morgan fingerprint density at radius 3 is 2.77 bits per heavy atom. The molecule has 0 aromatic heterocycles. The van der Waals surface area contributed by atoms with E-state index >= 15 is 0 Å². The molecule has 1 N–H and O–H groups in total. The van der Waals surface area contributed by atoms with Crippen LogP contribution in [0.15, 0.2) is 24.3 Å². The van der Waals surface area contributed by atoms with Crippen LogP contribution in [-0.4, -0.2) is 13.1 Å². The smallest absolute Gasteiger partial charge is 0.160 e. The minimum absolute atomic E-state index is 0.458. The molecule has 0 unspecified atom stereocenters. The maximum atomic E-state index is 13.9. The minimum Gasteiger partial charge on any atom is -0.310 e. The van der Waals surface area contributed by atoms with Crippen molar-refractivity contribution in [3.05, 3.63) is 35.4 Å². The van der Waals surface area contributed by atoms with Crippen molar-refractivity contribution in [1.29, 1.82) is 0 Å². The predicted octanol–water partition coefficient (Wildman–Crippen LogP) is 2.02. The number of rotatable bonds is 2. The number of alkyl halides is 1. The highest BCUT2D eigenvalue weighted by Gasteiger charge is 2.38. The number of hydrogen-bond donors (Lipinski definition) is 1. The van der Waals surface area contributed by atoms with E-state index < -0.39 is 5.67 Å². The molecule has 1 heterocycles. The van der Waals surface area contributed by atoms with Gasteiger partial charge in [-0.15, -0.1) is 0 Å². The van der Waals surface area contributed by atoms with Gasteiger partial charge in [0.25, 0.3) is 0 Å². The summed E-state index contributed by atoms with van der Waals surface area (Å²) >= 11 is 0. The number of halogens is 1. The summed E-state index contributed by atoms with van der Waals surface area (Å²) in [6.45, 7) is 3.00. The lowest BCUT2D eigenvalue weighted by molar-refractivity contribution is 0.0891. The van der Waals surface area contributed by atoms with Gasteiger partial charge in [-0.3, -0.25) is 0 Å². The zero-order chi connectivity index (χ0) is 9.31. The summed E-state index contributed by atoms with van der Waals surface area (Å²) in [6, 6.07) is 7.83. The Bertz CT molecular complexity index is 305. The van der Waals surface area contributed by atoms with Gasteiger partial charge in [0.1, 0.15) is 0 Å². The van der Waals surface area contributed by atoms with Crippen LogP contribution in [0, 0.1) is 0 Å². The average molecular weight is 179 g/mol. The average Bonchev–Trinajstić information content (AvgIpc) is 2.14. The first-order valence-electron chi connectivity index (χ1n) is 4.74. The second-order valence-corrected chi connectivity index (χ2v) is 3.62. The van der Waals surface area contributed by atoms with Gasteiger partial charge in [0, 0.05) is 13.1 Å². The van der Waals surface area contributed by atoms with Crippen molar-refractivity contribution in [2.45, 2.75) is 19.0 Å². The third-order valence-electron chi connectivity index (χ3n) is 2.66. The van der Waals surface area contributed by atoms with E-state index in [-0.39, 0.29) is 0 Å². The zero-order valence-electron chi connectivity index (χ0n) is 7.81. The molecule has 1 aliphatic heterocycles. The van der Waals surface area contributed by atoms with Crippen LogP contribution in [0.25, 0.3) is 0 Å². The van der Waals surface area contributed by atoms with Crippen molar-refractivity contribution in [2.24, 2.45) is 0 Å². The van der Waals surface area contributed by atoms with E-state index in [4.69, 9.17) is 0 Å². The van der Waals surface area contributed by atoms with E-state index in [1.54, 1.807) is 0 Å². The van der Waals surface area contributed by atoms with Gasteiger partial charge in [0.05, 0.1) is 0 Å². The van der Waals surface area contributed by atoms with E-state index in [9.17, 15) is 4.39 Å². The van der Waals surface area contributed by atoms with Crippen LogP contribution < -0.4 is 5.32 Å². The summed E-state index contributed by atoms with van der Waals surface area (Å²) in [5.41, 5.74) is 0.928. The largest absolute Gasteiger partial charge is 0.310 e. The van der Waals surface area contributed by atoms with Gasteiger partial charge >= 0.3 is 0 Å². The molecule has 2 rings (SSSR count). The first-order chi connectivity index (χ1) is 6.24. The molecule has 13 heavy (non-hydrogen) atoms. The molecular formula is C11H14FN. The molecule has 0 bridgehead atoms. The first-order valence-corrected chi connectivity index (χ1v) is 4.74. The lowest BCUT2D eigenvalue weighted by atomic mass is 9.89. The summed E-state index contributed by atoms with van der Waals surface area (Å²) in [7, 11) is 0. The first kappa shape index (κ1) is 8.70. The topological polar surface area (TPSA) is 12.0 Å². The summed E-state index contributed by atoms with van der Waals surface area (Å²) < 4.78 is 13.9. The monoisotopic (exact) mass is 179 g/mol. The van der Waals surface area contributed by atoms with Crippen LogP contribution in [0.1, 0.15) is 18.1 Å². The Hall–Kier alpha value is -0.890. The number of nitrogens with one attached hydrogen (secondary N) is 1. The molecule has 1 saturated heterocycles. The fraction of sp³-hybridized carbons (Fsp3) is 0.455. The fourth-order valence-corrected chi connectivity index (χ4v) is 1.62. The van der Waals surface area contributed by atoms with Crippen LogP contribution in [0.5, 0.6) is 0 Å². The molecule has 0 radical (unpaired) electrons. The maximum Gasteiger partial charge on any atom is 0.160 e. The molecule has 0 aliphatic carbocycles. The van der Waals surface area contributed by atoms with E-state index in [1.807, 2.05) is 24.3 Å². The predicted molar refractivity (Wildman–Crippen MR) is 51.5 cm³/mol. The van der Waals surface area contributed by atoms with Crippen molar-refractivity contribution >= 4 is 0 Å². The fourth-order valence-electron chi connectivity index (χ4n) is 1.62. The number of benzene rings is 1. The lowest BCUT2D eigenvalue weighted by Gasteiger charge is -2.35. The van der Waals surface area contributed by atoms with E-state index in [0.717, 1.165) is 12.0 Å². The zero-order valence-corrected chi connectivity index (χ0v) is 7.81. The van der Waals surface area contributed by atoms with Crippen LogP contribution in [0.3, 0.4) is 0 Å². The van der Waals surface area contributed by atoms with Gasteiger partial charge in [0.15, 0.2) is 5.67 Å². The molecule has 1 fully saturated rings. The van der Waals surface area contributed by atoms with Crippen molar-refractivity contribution in [3.8, 4) is 0 Å². The van der Waals surface area contributed by atoms with Gasteiger partial charge < -0.3 is 5.32 Å². The normalized spacial score (nSPS) is 19.5. The summed E-state index contributed by atoms with van der Waals surface area (Å²) in [5.74, 6) is 0. The molecule has 1 aromatic carbocycles. The summed E-state index contributed by atoms with van der Waals surface area (Å²) in [6.07, 6.45) is 0.970. The minimum atomic E-state index is -1.11. The number of aryl methyl sites for hydroxylation is 1. The maximum absolute atomic E-state index is 13.9. The van der Waals surface area contributed by atoms with E-state index in [0.29, 0.717) is 13.1 Å². The number of hydrogen-bond acceptors (Lipinski definition) is 1. The van der Waals surface area contributed by atoms with Gasteiger partial charge in [-0.25, -0.2) is 4.39 Å². The molecule has 1 aromatic rings. The van der Waals surface area contributed by atoms with Crippen molar-refractivity contribution in [1.82, 2.24) is 5.32 Å². The van der Waals surface area contributed by atoms with Crippen molar-refractivity contribution in [2.75, 3.05) is 13.1 Å². The van der Waals surface area contributed by atoms with Crippen molar-refractivity contribution in [3.63, 3.8) is 0 Å². The molecule has 70 valence electrons. The standard InChI is InChI=1S/C11H14FN/c1-2-9-4-3-5-10(6-9)11(12)7-13-8-11/h3-6,13H,2,7-8H2,1H3. The Labute approximate surface area is 78.0 Å². The Balaban J connectivity index is 2.29. The second kappa shape index (κ2) is 3.11. The third-order valence-corrected chi connectivity index (χ3v) is 2.66. The molecule has 2 heteroatoms. The van der Waals surface area contributed by atoms with Crippen LogP contribution in [-0.2, 0) is 12.1 Å². The van der Waals surface area contributed by atoms with Gasteiger partial charge in [-0.05, 0) is 17.5 Å². The summed E-state index contributed by atoms with van der Waals surface area (Å²) in [4.78, 5) is 0. The molecule has 1 nitrogen and oxygen atoms in total. The van der Waals surface area contributed by atoms with Gasteiger partial charge in [-0.1, -0.05) is 31.2 Å². The Morgan fingerprint density at radius 2 is 2.23 bits per heavy atom. The molecule has 0 amide bonds. The molecule has 0 spiro atoms. The van der Waals surface area contributed by atoms with Crippen LogP contribution in [0.4, 0.5) is 4.39 Å².